The van der Waals surface area contributed by atoms with Crippen molar-refractivity contribution >= 4 is 8.32 Å². The minimum absolute atomic E-state index is 0.335. The van der Waals surface area contributed by atoms with Crippen LogP contribution in [0, 0.1) is 5.92 Å². The topological polar surface area (TPSA) is 81.2 Å². The van der Waals surface area contributed by atoms with Crippen LogP contribution in [0.5, 0.6) is 0 Å². The number of aromatic nitrogens is 2. The lowest BCUT2D eigenvalue weighted by Crippen LogP contribution is -2.47. The molecule has 1 aromatic heterocycles. The van der Waals surface area contributed by atoms with Crippen molar-refractivity contribution in [3.8, 4) is 0 Å². The van der Waals surface area contributed by atoms with Gasteiger partial charge in [-0.2, -0.15) is 0 Å². The molecule has 0 saturated heterocycles. The molecule has 0 unspecified atom stereocenters. The van der Waals surface area contributed by atoms with E-state index in [2.05, 4.69) is 41.5 Å². The predicted octanol–water partition coefficient (Wildman–Crippen LogP) is 6.16. The fraction of sp³-hybridized carbons (Fsp3) is 0.867. The van der Waals surface area contributed by atoms with Crippen LogP contribution in [0.15, 0.2) is 12.3 Å². The molecule has 0 aromatic carbocycles. The Bertz CT molecular complexity index is 745. The molecular weight excluding hydrogens is 512 g/mol. The van der Waals surface area contributed by atoms with E-state index in [9.17, 15) is 0 Å². The van der Waals surface area contributed by atoms with Crippen molar-refractivity contribution < 1.29 is 28.1 Å². The second-order valence-electron chi connectivity index (χ2n) is 11.6. The molecule has 0 spiro atoms. The highest BCUT2D eigenvalue weighted by atomic mass is 28.4. The van der Waals surface area contributed by atoms with Gasteiger partial charge in [0.2, 0.25) is 8.32 Å². The largest absolute Gasteiger partial charge is 0.410 e. The summed E-state index contributed by atoms with van der Waals surface area (Å²) in [4.78, 5) is 9.73. The van der Waals surface area contributed by atoms with Crippen molar-refractivity contribution in [3.05, 3.63) is 23.8 Å². The second-order valence-corrected chi connectivity index (χ2v) is 17.0. The molecule has 1 aromatic rings. The number of methoxy groups -OCH3 is 1. The maximum absolute atomic E-state index is 6.81. The molecule has 1 aliphatic rings. The molecule has 9 heteroatoms. The Balaban J connectivity index is 1.76. The highest BCUT2D eigenvalue weighted by molar-refractivity contribution is 6.77. The van der Waals surface area contributed by atoms with Crippen LogP contribution in [0.25, 0.3) is 0 Å². The van der Waals surface area contributed by atoms with Crippen LogP contribution < -0.4 is 0 Å². The van der Waals surface area contributed by atoms with E-state index in [1.807, 2.05) is 12.3 Å². The molecule has 0 aliphatic heterocycles. The zero-order valence-corrected chi connectivity index (χ0v) is 26.8. The van der Waals surface area contributed by atoms with Gasteiger partial charge in [0, 0.05) is 19.2 Å². The first-order chi connectivity index (χ1) is 18.8. The summed E-state index contributed by atoms with van der Waals surface area (Å²) in [5.41, 5.74) is 2.67. The molecule has 39 heavy (non-hydrogen) atoms. The van der Waals surface area contributed by atoms with E-state index in [-0.39, 0.29) is 0 Å². The van der Waals surface area contributed by atoms with Gasteiger partial charge in [0.05, 0.1) is 71.8 Å². The van der Waals surface area contributed by atoms with Gasteiger partial charge in [-0.15, -0.1) is 0 Å². The van der Waals surface area contributed by atoms with Crippen molar-refractivity contribution in [1.82, 2.24) is 9.97 Å². The highest BCUT2D eigenvalue weighted by Gasteiger charge is 2.45. The van der Waals surface area contributed by atoms with Crippen LogP contribution in [0.4, 0.5) is 0 Å². The summed E-state index contributed by atoms with van der Waals surface area (Å²) < 4.78 is 34.3. The van der Waals surface area contributed by atoms with E-state index in [1.165, 1.54) is 12.8 Å². The molecule has 1 saturated carbocycles. The average Bonchev–Trinajstić information content (AvgIpc) is 2.91. The average molecular weight is 569 g/mol. The quantitative estimate of drug-likeness (QED) is 0.129. The van der Waals surface area contributed by atoms with Crippen molar-refractivity contribution in [2.75, 3.05) is 66.6 Å². The van der Waals surface area contributed by atoms with Crippen molar-refractivity contribution in [3.63, 3.8) is 0 Å². The summed E-state index contributed by atoms with van der Waals surface area (Å²) >= 11 is 0. The third-order valence-corrected chi connectivity index (χ3v) is 14.1. The van der Waals surface area contributed by atoms with Crippen molar-refractivity contribution in [1.29, 1.82) is 0 Å². The summed E-state index contributed by atoms with van der Waals surface area (Å²) in [6.45, 7) is 19.9. The maximum atomic E-state index is 6.81. The molecule has 0 amide bonds. The van der Waals surface area contributed by atoms with E-state index in [1.54, 1.807) is 7.11 Å². The van der Waals surface area contributed by atoms with Gasteiger partial charge in [-0.3, -0.25) is 0 Å². The third kappa shape index (κ3) is 11.5. The van der Waals surface area contributed by atoms with Gasteiger partial charge in [0.25, 0.3) is 0 Å². The summed E-state index contributed by atoms with van der Waals surface area (Å²) in [7, 11) is -0.272. The molecule has 1 fully saturated rings. The Morgan fingerprint density at radius 2 is 1.31 bits per heavy atom. The minimum Gasteiger partial charge on any atom is -0.410 e. The fourth-order valence-corrected chi connectivity index (χ4v) is 11.6. The van der Waals surface area contributed by atoms with Gasteiger partial charge in [0.15, 0.2) is 0 Å². The van der Waals surface area contributed by atoms with E-state index in [0.29, 0.717) is 87.9 Å². The molecule has 0 radical (unpaired) electrons. The van der Waals surface area contributed by atoms with Crippen LogP contribution in [0.3, 0.4) is 0 Å². The van der Waals surface area contributed by atoms with Crippen molar-refractivity contribution in [2.24, 2.45) is 5.92 Å². The third-order valence-electron chi connectivity index (χ3n) is 8.03. The van der Waals surface area contributed by atoms with Crippen molar-refractivity contribution in [2.45, 2.75) is 96.4 Å². The maximum Gasteiger partial charge on any atom is 0.200 e. The van der Waals surface area contributed by atoms with Crippen LogP contribution >= 0.6 is 0 Å². The van der Waals surface area contributed by atoms with Gasteiger partial charge in [-0.1, -0.05) is 54.4 Å². The summed E-state index contributed by atoms with van der Waals surface area (Å²) in [6.07, 6.45) is 6.64. The zero-order valence-electron chi connectivity index (χ0n) is 25.8. The normalized spacial score (nSPS) is 18.5. The predicted molar refractivity (Wildman–Crippen MR) is 158 cm³/mol. The number of hydrogen-bond acceptors (Lipinski definition) is 8. The van der Waals surface area contributed by atoms with E-state index in [0.717, 1.165) is 31.0 Å². The standard InChI is InChI=1S/C30H56N2O6Si/c1-24(2)39(25(3)4,26(5)6)38-23-28-12-13-31-30(32-28)29-11-9-8-10-27(29)22-37-21-20-36-19-18-35-17-16-34-15-14-33-7/h12-13,24-27,29H,8-11,14-23H2,1-7H3/t27-,29+/m0/s1. The molecule has 2 atom stereocenters. The van der Waals surface area contributed by atoms with Crippen LogP contribution in [0.1, 0.15) is 84.7 Å². The van der Waals surface area contributed by atoms with E-state index >= 15 is 0 Å². The highest BCUT2D eigenvalue weighted by Crippen LogP contribution is 2.43. The lowest BCUT2D eigenvalue weighted by atomic mass is 9.79. The Morgan fingerprint density at radius 3 is 1.87 bits per heavy atom. The van der Waals surface area contributed by atoms with E-state index in [4.69, 9.17) is 38.1 Å². The van der Waals surface area contributed by atoms with Gasteiger partial charge < -0.3 is 28.1 Å². The molecule has 2 rings (SSSR count). The minimum atomic E-state index is -1.94. The Morgan fingerprint density at radius 1 is 0.769 bits per heavy atom. The Kier molecular flexibility index (Phi) is 16.9. The first kappa shape index (κ1) is 34.3. The lowest BCUT2D eigenvalue weighted by Gasteiger charge is -2.42. The molecule has 0 bridgehead atoms. The second kappa shape index (κ2) is 19.2. The summed E-state index contributed by atoms with van der Waals surface area (Å²) in [5.74, 6) is 1.73. The molecule has 0 N–H and O–H groups in total. The summed E-state index contributed by atoms with van der Waals surface area (Å²) in [5, 5.41) is 0. The van der Waals surface area contributed by atoms with Gasteiger partial charge >= 0.3 is 0 Å². The molecule has 1 aliphatic carbocycles. The van der Waals surface area contributed by atoms with Gasteiger partial charge in [-0.25, -0.2) is 9.97 Å². The van der Waals surface area contributed by atoms with E-state index < -0.39 is 8.32 Å². The molecule has 8 nitrogen and oxygen atoms in total. The first-order valence-electron chi connectivity index (χ1n) is 15.1. The Hall–Kier alpha value is -0.943. The Labute approximate surface area is 239 Å². The monoisotopic (exact) mass is 568 g/mol. The fourth-order valence-electron chi connectivity index (χ4n) is 6.15. The van der Waals surface area contributed by atoms with Crippen LogP contribution in [-0.2, 0) is 34.7 Å². The van der Waals surface area contributed by atoms with Gasteiger partial charge in [0.1, 0.15) is 5.82 Å². The molecule has 1 heterocycles. The van der Waals surface area contributed by atoms with Gasteiger partial charge in [-0.05, 0) is 41.4 Å². The molecular formula is C30H56N2O6Si. The van der Waals surface area contributed by atoms with Crippen LogP contribution in [-0.4, -0.2) is 84.9 Å². The molecule has 226 valence electrons. The number of rotatable bonds is 21. The summed E-state index contributed by atoms with van der Waals surface area (Å²) in [6, 6.07) is 2.02. The SMILES string of the molecule is COCCOCCOCCOCCOC[C@@H]1CCCC[C@H]1c1nccc(CO[Si](C(C)C)(C(C)C)C(C)C)n1. The first-order valence-corrected chi connectivity index (χ1v) is 17.2. The number of hydrogen-bond donors (Lipinski definition) is 0. The lowest BCUT2D eigenvalue weighted by molar-refractivity contribution is -0.0133. The number of ether oxygens (including phenoxy) is 5. The number of nitrogens with zero attached hydrogens (tertiary/aromatic N) is 2. The van der Waals surface area contributed by atoms with Crippen LogP contribution in [0.2, 0.25) is 16.6 Å². The smallest absolute Gasteiger partial charge is 0.200 e. The zero-order chi connectivity index (χ0) is 28.5.